The monoisotopic (exact) mass is 956 g/mol. The molecule has 0 fully saturated rings. The van der Waals surface area contributed by atoms with E-state index in [4.69, 9.17) is 24.9 Å². The van der Waals surface area contributed by atoms with Crippen molar-refractivity contribution in [1.29, 1.82) is 0 Å². The molecule has 3 aromatic heterocycles. The van der Waals surface area contributed by atoms with Crippen molar-refractivity contribution < 1.29 is 0 Å². The van der Waals surface area contributed by atoms with Gasteiger partial charge in [-0.1, -0.05) is 200 Å². The third-order valence-electron chi connectivity index (χ3n) is 15.3. The first kappa shape index (κ1) is 42.7. The molecule has 2 atom stereocenters. The lowest BCUT2D eigenvalue weighted by Gasteiger charge is -2.42. The Kier molecular flexibility index (Phi) is 9.91. The van der Waals surface area contributed by atoms with Crippen LogP contribution >= 0.6 is 0 Å². The van der Waals surface area contributed by atoms with Crippen molar-refractivity contribution in [1.82, 2.24) is 29.5 Å². The van der Waals surface area contributed by atoms with Gasteiger partial charge in [-0.3, -0.25) is 0 Å². The zero-order valence-electron chi connectivity index (χ0n) is 40.6. The van der Waals surface area contributed by atoms with Crippen LogP contribution in [0.5, 0.6) is 0 Å². The highest BCUT2D eigenvalue weighted by Crippen LogP contribution is 2.57. The highest BCUT2D eigenvalue weighted by Gasteiger charge is 2.41. The van der Waals surface area contributed by atoms with E-state index in [0.717, 1.165) is 78.0 Å². The Labute approximate surface area is 434 Å². The molecule has 0 saturated heterocycles. The van der Waals surface area contributed by atoms with Crippen molar-refractivity contribution in [3.05, 3.63) is 288 Å². The lowest BCUT2D eigenvalue weighted by molar-refractivity contribution is 0.754. The number of aromatic nitrogens is 6. The number of hydrogen-bond acceptors (Lipinski definition) is 5. The van der Waals surface area contributed by atoms with Crippen LogP contribution in [0.3, 0.4) is 0 Å². The fraction of sp³-hybridized carbons (Fsp3) is 0.0290. The summed E-state index contributed by atoms with van der Waals surface area (Å²) in [4.78, 5) is 26.5. The van der Waals surface area contributed by atoms with Gasteiger partial charge in [0, 0.05) is 61.7 Å². The van der Waals surface area contributed by atoms with Crippen molar-refractivity contribution in [3.63, 3.8) is 0 Å². The molecule has 0 N–H and O–H groups in total. The average molecular weight is 957 g/mol. The Morgan fingerprint density at radius 1 is 0.253 bits per heavy atom. The molecule has 0 spiro atoms. The highest BCUT2D eigenvalue weighted by molar-refractivity contribution is 6.10. The van der Waals surface area contributed by atoms with E-state index in [9.17, 15) is 0 Å². The van der Waals surface area contributed by atoms with E-state index in [0.29, 0.717) is 23.3 Å². The molecule has 16 rings (SSSR count). The van der Waals surface area contributed by atoms with Gasteiger partial charge in [0.1, 0.15) is 0 Å². The van der Waals surface area contributed by atoms with Crippen LogP contribution < -0.4 is 0 Å². The van der Waals surface area contributed by atoms with Gasteiger partial charge in [-0.05, 0) is 99.1 Å². The van der Waals surface area contributed by atoms with E-state index >= 15 is 0 Å². The van der Waals surface area contributed by atoms with Gasteiger partial charge in [0.2, 0.25) is 0 Å². The summed E-state index contributed by atoms with van der Waals surface area (Å²) in [6, 6.07) is 90.4. The van der Waals surface area contributed by atoms with Gasteiger partial charge in [0.15, 0.2) is 23.3 Å². The summed E-state index contributed by atoms with van der Waals surface area (Å²) >= 11 is 0. The van der Waals surface area contributed by atoms with Crippen LogP contribution in [0.1, 0.15) is 45.2 Å². The zero-order chi connectivity index (χ0) is 49.4. The summed E-state index contributed by atoms with van der Waals surface area (Å²) in [6.07, 6.45) is 0. The second kappa shape index (κ2) is 17.4. The second-order valence-electron chi connectivity index (χ2n) is 19.5. The summed E-state index contributed by atoms with van der Waals surface area (Å²) < 4.78 is 2.34. The fourth-order valence-electron chi connectivity index (χ4n) is 11.9. The van der Waals surface area contributed by atoms with Gasteiger partial charge in [0.05, 0.1) is 22.4 Å². The van der Waals surface area contributed by atoms with Gasteiger partial charge in [-0.2, -0.15) is 0 Å². The van der Waals surface area contributed by atoms with Crippen LogP contribution in [0, 0.1) is 0 Å². The summed E-state index contributed by atoms with van der Waals surface area (Å²) in [5.41, 5.74) is 21.1. The molecule has 0 radical (unpaired) electrons. The van der Waals surface area contributed by atoms with Crippen LogP contribution in [0.2, 0.25) is 0 Å². The first-order valence-electron chi connectivity index (χ1n) is 25.6. The summed E-state index contributed by atoms with van der Waals surface area (Å²) in [5, 5.41) is 2.31. The maximum Gasteiger partial charge on any atom is 0.164 e. The second-order valence-corrected chi connectivity index (χ2v) is 19.5. The van der Waals surface area contributed by atoms with Crippen LogP contribution in [0.25, 0.3) is 107 Å². The maximum absolute atomic E-state index is 5.42. The van der Waals surface area contributed by atoms with Crippen molar-refractivity contribution in [3.8, 4) is 84.9 Å². The molecular weight excluding hydrogens is 913 g/mol. The van der Waals surface area contributed by atoms with E-state index in [2.05, 4.69) is 235 Å². The van der Waals surface area contributed by atoms with E-state index in [-0.39, 0.29) is 11.8 Å². The first-order valence-corrected chi connectivity index (χ1v) is 25.6. The number of nitrogens with zero attached hydrogens (tertiary/aromatic N) is 6. The molecule has 13 aromatic rings. The molecule has 0 saturated carbocycles. The highest BCUT2D eigenvalue weighted by atomic mass is 15.0. The molecule has 3 aliphatic carbocycles. The summed E-state index contributed by atoms with van der Waals surface area (Å²) in [7, 11) is 0. The standard InChI is InChI=1S/C69H44N6/c1-5-19-43(20-6-1)50-27-13-16-31-56(50)69-73-67(72-68(74-69)48-35-38-63-57(40-48)51-28-17-18-32-62(51)75(63)49-25-11-4-12-26-49)47-34-37-55-59(41-47)65-53-30-15-14-29-52(53)64(55)58-39-46(33-36-54(58)65)61-42-60(44-21-7-2-8-22-44)70-66(71-61)45-23-9-3-10-24-45/h1-42,64-65H. The maximum atomic E-state index is 5.42. The largest absolute Gasteiger partial charge is 0.309 e. The van der Waals surface area contributed by atoms with Gasteiger partial charge >= 0.3 is 0 Å². The molecule has 2 unspecified atom stereocenters. The molecule has 350 valence electrons. The summed E-state index contributed by atoms with van der Waals surface area (Å²) in [5.74, 6) is 2.62. The molecular formula is C69H44N6. The molecule has 6 nitrogen and oxygen atoms in total. The van der Waals surface area contributed by atoms with Crippen molar-refractivity contribution in [2.45, 2.75) is 11.8 Å². The molecule has 3 heterocycles. The Morgan fingerprint density at radius 2 is 0.707 bits per heavy atom. The van der Waals surface area contributed by atoms with Crippen LogP contribution in [-0.4, -0.2) is 29.5 Å². The normalized spacial score (nSPS) is 14.1. The molecule has 0 aliphatic heterocycles. The van der Waals surface area contributed by atoms with Gasteiger partial charge in [-0.15, -0.1) is 0 Å². The van der Waals surface area contributed by atoms with Gasteiger partial charge in [-0.25, -0.2) is 24.9 Å². The van der Waals surface area contributed by atoms with Crippen LogP contribution in [0.4, 0.5) is 0 Å². The Bertz CT molecular complexity index is 4300. The van der Waals surface area contributed by atoms with E-state index < -0.39 is 0 Å². The third-order valence-corrected chi connectivity index (χ3v) is 15.3. The molecule has 75 heavy (non-hydrogen) atoms. The van der Waals surface area contributed by atoms with Crippen molar-refractivity contribution in [2.24, 2.45) is 0 Å². The lowest BCUT2D eigenvalue weighted by Crippen LogP contribution is -2.27. The minimum atomic E-state index is 0.0132. The van der Waals surface area contributed by atoms with Crippen molar-refractivity contribution >= 4 is 21.8 Å². The number of hydrogen-bond donors (Lipinski definition) is 0. The minimum Gasteiger partial charge on any atom is -0.309 e. The predicted octanol–water partition coefficient (Wildman–Crippen LogP) is 16.4. The van der Waals surface area contributed by atoms with Crippen molar-refractivity contribution in [2.75, 3.05) is 0 Å². The van der Waals surface area contributed by atoms with Crippen LogP contribution in [-0.2, 0) is 0 Å². The van der Waals surface area contributed by atoms with Gasteiger partial charge in [0.25, 0.3) is 0 Å². The Balaban J connectivity index is 0.883. The topological polar surface area (TPSA) is 69.4 Å². The molecule has 2 bridgehead atoms. The smallest absolute Gasteiger partial charge is 0.164 e. The molecule has 6 heteroatoms. The predicted molar refractivity (Wildman–Crippen MR) is 303 cm³/mol. The molecule has 0 amide bonds. The SMILES string of the molecule is c1ccc(-c2cc(-c3ccc4c(c3)C3c5ccccc5C4c4cc(-c5nc(-c6ccc7c(c6)c6ccccc6n7-c6ccccc6)nc(-c6ccccc6-c6ccccc6)n5)ccc43)nc(-c3ccccc3)n2)cc1. The Morgan fingerprint density at radius 3 is 1.39 bits per heavy atom. The van der Waals surface area contributed by atoms with Crippen LogP contribution in [0.15, 0.2) is 255 Å². The molecule has 3 aliphatic rings. The quantitative estimate of drug-likeness (QED) is 0.152. The third kappa shape index (κ3) is 7.13. The lowest BCUT2D eigenvalue weighted by atomic mass is 9.60. The number of rotatable bonds is 8. The molecule has 10 aromatic carbocycles. The number of fused-ring (bicyclic) bond motifs is 3. The number of benzene rings is 10. The Hall–Kier alpha value is -9.91. The zero-order valence-corrected chi connectivity index (χ0v) is 40.6. The summed E-state index contributed by atoms with van der Waals surface area (Å²) in [6.45, 7) is 0. The van der Waals surface area contributed by atoms with E-state index in [1.54, 1.807) is 0 Å². The number of para-hydroxylation sites is 2. The fourth-order valence-corrected chi connectivity index (χ4v) is 11.9. The first-order chi connectivity index (χ1) is 37.2. The minimum absolute atomic E-state index is 0.0132. The van der Waals surface area contributed by atoms with Gasteiger partial charge < -0.3 is 4.57 Å². The average Bonchev–Trinajstić information content (AvgIpc) is 3.88. The van der Waals surface area contributed by atoms with E-state index in [1.165, 1.54) is 38.8 Å². The van der Waals surface area contributed by atoms with E-state index in [1.807, 2.05) is 24.3 Å².